The number of fused-ring (bicyclic) bond motifs is 1. The molecule has 1 heterocycles. The summed E-state index contributed by atoms with van der Waals surface area (Å²) in [7, 11) is 0. The number of Topliss-reactive ketones (excluding diaryl/α,β-unsaturated/α-hetero) is 2. The van der Waals surface area contributed by atoms with Gasteiger partial charge in [0.25, 0.3) is 0 Å². The van der Waals surface area contributed by atoms with Crippen LogP contribution in [0.5, 0.6) is 0 Å². The normalized spacial score (nSPS) is 25.2. The van der Waals surface area contributed by atoms with Crippen LogP contribution in [0.25, 0.3) is 0 Å². The molecule has 0 saturated carbocycles. The molecule has 0 radical (unpaired) electrons. The number of benzene rings is 1. The second kappa shape index (κ2) is 3.58. The Morgan fingerprint density at radius 2 is 1.61 bits per heavy atom. The number of carbonyl (C=O) groups is 2. The Balaban J connectivity index is 2.26. The zero-order chi connectivity index (χ0) is 13.1. The molecule has 0 bridgehead atoms. The van der Waals surface area contributed by atoms with Gasteiger partial charge in [-0.1, -0.05) is 45.0 Å². The molecule has 92 valence electrons. The average Bonchev–Trinajstić information content (AvgIpc) is 2.58. The molecule has 0 aromatic heterocycles. The molecule has 1 atom stereocenters. The van der Waals surface area contributed by atoms with Crippen LogP contribution in [0.1, 0.15) is 41.5 Å². The van der Waals surface area contributed by atoms with Gasteiger partial charge in [-0.3, -0.25) is 9.59 Å². The summed E-state index contributed by atoms with van der Waals surface area (Å²) in [6.45, 7) is 6.17. The van der Waals surface area contributed by atoms with E-state index in [0.717, 1.165) is 0 Å². The van der Waals surface area contributed by atoms with Gasteiger partial charge < -0.3 is 0 Å². The van der Waals surface area contributed by atoms with Crippen LogP contribution in [0.2, 0.25) is 0 Å². The summed E-state index contributed by atoms with van der Waals surface area (Å²) in [5, 5.41) is 0.254. The molecule has 0 spiro atoms. The predicted molar refractivity (Wildman–Crippen MR) is 73.0 cm³/mol. The first kappa shape index (κ1) is 11.7. The molecule has 0 N–H and O–H groups in total. The SMILES string of the molecule is CC1SC2=C(C(=O)c3ccccc3C2=O)C1(C)C. The molecule has 18 heavy (non-hydrogen) atoms. The minimum absolute atomic E-state index is 0.0163. The Morgan fingerprint density at radius 3 is 2.22 bits per heavy atom. The number of rotatable bonds is 0. The quantitative estimate of drug-likeness (QED) is 0.714. The van der Waals surface area contributed by atoms with Gasteiger partial charge in [0.2, 0.25) is 5.78 Å². The van der Waals surface area contributed by atoms with E-state index in [9.17, 15) is 9.59 Å². The number of hydrogen-bond donors (Lipinski definition) is 0. The fraction of sp³-hybridized carbons (Fsp3) is 0.333. The number of ketones is 2. The van der Waals surface area contributed by atoms with Crippen molar-refractivity contribution in [2.45, 2.75) is 26.0 Å². The van der Waals surface area contributed by atoms with Crippen molar-refractivity contribution in [3.63, 3.8) is 0 Å². The highest BCUT2D eigenvalue weighted by Gasteiger charge is 2.48. The number of carbonyl (C=O) groups excluding carboxylic acids is 2. The second-order valence-corrected chi connectivity index (χ2v) is 6.74. The van der Waals surface area contributed by atoms with Gasteiger partial charge in [0.05, 0.1) is 4.91 Å². The third-order valence-corrected chi connectivity index (χ3v) is 5.60. The second-order valence-electron chi connectivity index (χ2n) is 5.39. The standard InChI is InChI=1S/C15H14O2S/c1-8-15(2,3)11-12(16)9-6-4-5-7-10(9)13(17)14(11)18-8/h4-8H,1-3H3. The lowest BCUT2D eigenvalue weighted by Gasteiger charge is -2.27. The van der Waals surface area contributed by atoms with Crippen molar-refractivity contribution in [1.29, 1.82) is 0 Å². The highest BCUT2D eigenvalue weighted by Crippen LogP contribution is 2.53. The van der Waals surface area contributed by atoms with Crippen LogP contribution in [0.15, 0.2) is 34.7 Å². The van der Waals surface area contributed by atoms with Crippen molar-refractivity contribution in [2.75, 3.05) is 0 Å². The Hall–Kier alpha value is -1.35. The zero-order valence-corrected chi connectivity index (χ0v) is 11.4. The molecular weight excluding hydrogens is 244 g/mol. The first-order valence-electron chi connectivity index (χ1n) is 6.04. The van der Waals surface area contributed by atoms with Gasteiger partial charge in [0.1, 0.15) is 0 Å². The predicted octanol–water partition coefficient (Wildman–Crippen LogP) is 3.48. The third-order valence-electron chi connectivity index (χ3n) is 4.03. The van der Waals surface area contributed by atoms with Gasteiger partial charge >= 0.3 is 0 Å². The molecule has 2 aliphatic rings. The molecule has 1 unspecified atom stereocenters. The fourth-order valence-electron chi connectivity index (χ4n) is 2.58. The number of thioether (sulfide) groups is 1. The monoisotopic (exact) mass is 258 g/mol. The molecule has 3 rings (SSSR count). The zero-order valence-electron chi connectivity index (χ0n) is 10.6. The van der Waals surface area contributed by atoms with E-state index in [1.807, 2.05) is 26.0 Å². The summed E-state index contributed by atoms with van der Waals surface area (Å²) < 4.78 is 0. The first-order chi connectivity index (χ1) is 8.44. The minimum atomic E-state index is -0.236. The van der Waals surface area contributed by atoms with Gasteiger partial charge in [-0.05, 0) is 0 Å². The maximum Gasteiger partial charge on any atom is 0.200 e. The van der Waals surface area contributed by atoms with Gasteiger partial charge in [-0.15, -0.1) is 11.8 Å². The van der Waals surface area contributed by atoms with E-state index < -0.39 is 0 Å². The molecule has 0 amide bonds. The Labute approximate surface area is 110 Å². The number of allylic oxidation sites excluding steroid dienone is 2. The van der Waals surface area contributed by atoms with Crippen LogP contribution in [0.3, 0.4) is 0 Å². The smallest absolute Gasteiger partial charge is 0.200 e. The van der Waals surface area contributed by atoms with Gasteiger partial charge in [-0.2, -0.15) is 0 Å². The van der Waals surface area contributed by atoms with E-state index in [1.165, 1.54) is 0 Å². The molecule has 1 aromatic carbocycles. The molecule has 2 nitrogen and oxygen atoms in total. The van der Waals surface area contributed by atoms with Gasteiger partial charge in [0.15, 0.2) is 5.78 Å². The van der Waals surface area contributed by atoms with Crippen LogP contribution < -0.4 is 0 Å². The fourth-order valence-corrected chi connectivity index (χ4v) is 4.03. The third kappa shape index (κ3) is 1.31. The van der Waals surface area contributed by atoms with Crippen molar-refractivity contribution >= 4 is 23.3 Å². The van der Waals surface area contributed by atoms with Crippen molar-refractivity contribution in [2.24, 2.45) is 5.41 Å². The maximum atomic E-state index is 12.6. The number of hydrogen-bond acceptors (Lipinski definition) is 3. The minimum Gasteiger partial charge on any atom is -0.289 e. The van der Waals surface area contributed by atoms with E-state index in [-0.39, 0.29) is 22.2 Å². The molecular formula is C15H14O2S. The molecule has 1 aliphatic heterocycles. The van der Waals surface area contributed by atoms with Crippen LogP contribution in [0, 0.1) is 5.41 Å². The van der Waals surface area contributed by atoms with Crippen molar-refractivity contribution < 1.29 is 9.59 Å². The lowest BCUT2D eigenvalue weighted by Crippen LogP contribution is -2.29. The van der Waals surface area contributed by atoms with Crippen molar-refractivity contribution in [3.8, 4) is 0 Å². The summed E-state index contributed by atoms with van der Waals surface area (Å²) in [4.78, 5) is 25.7. The molecule has 3 heteroatoms. The molecule has 0 fully saturated rings. The Morgan fingerprint density at radius 1 is 1.06 bits per heavy atom. The summed E-state index contributed by atoms with van der Waals surface area (Å²) in [6, 6.07) is 7.12. The van der Waals surface area contributed by atoms with E-state index in [1.54, 1.807) is 23.9 Å². The van der Waals surface area contributed by atoms with Crippen molar-refractivity contribution in [3.05, 3.63) is 45.9 Å². The lowest BCUT2D eigenvalue weighted by molar-refractivity contribution is 0.0965. The van der Waals surface area contributed by atoms with Crippen LogP contribution in [-0.4, -0.2) is 16.8 Å². The van der Waals surface area contributed by atoms with Crippen LogP contribution >= 0.6 is 11.8 Å². The summed E-state index contributed by atoms with van der Waals surface area (Å²) in [5.41, 5.74) is 1.59. The Kier molecular flexibility index (Phi) is 2.33. The van der Waals surface area contributed by atoms with Gasteiger partial charge in [-0.25, -0.2) is 0 Å². The van der Waals surface area contributed by atoms with E-state index in [4.69, 9.17) is 0 Å². The highest BCUT2D eigenvalue weighted by molar-refractivity contribution is 8.05. The topological polar surface area (TPSA) is 34.1 Å². The van der Waals surface area contributed by atoms with Crippen molar-refractivity contribution in [1.82, 2.24) is 0 Å². The Bertz CT molecular complexity index is 611. The van der Waals surface area contributed by atoms with Crippen LogP contribution in [0.4, 0.5) is 0 Å². The first-order valence-corrected chi connectivity index (χ1v) is 6.92. The van der Waals surface area contributed by atoms with Gasteiger partial charge in [0, 0.05) is 27.4 Å². The molecule has 0 saturated heterocycles. The largest absolute Gasteiger partial charge is 0.289 e. The summed E-state index contributed by atoms with van der Waals surface area (Å²) in [6.07, 6.45) is 0. The van der Waals surface area contributed by atoms with E-state index in [2.05, 4.69) is 6.92 Å². The molecule has 1 aliphatic carbocycles. The highest BCUT2D eigenvalue weighted by atomic mass is 32.2. The summed E-state index contributed by atoms with van der Waals surface area (Å²) >= 11 is 1.54. The average molecular weight is 258 g/mol. The van der Waals surface area contributed by atoms with Crippen LogP contribution in [-0.2, 0) is 0 Å². The summed E-state index contributed by atoms with van der Waals surface area (Å²) in [5.74, 6) is 0.0460. The molecule has 1 aromatic rings. The van der Waals surface area contributed by atoms with E-state index >= 15 is 0 Å². The maximum absolute atomic E-state index is 12.6. The lowest BCUT2D eigenvalue weighted by atomic mass is 9.74. The van der Waals surface area contributed by atoms with E-state index in [0.29, 0.717) is 21.6 Å².